The lowest BCUT2D eigenvalue weighted by Crippen LogP contribution is -2.08. The Labute approximate surface area is 85.3 Å². The van der Waals surface area contributed by atoms with Gasteiger partial charge in [0.25, 0.3) is 0 Å². The summed E-state index contributed by atoms with van der Waals surface area (Å²) in [6.45, 7) is 1.36. The SMILES string of the molecule is Nc1nn(CCn2cncn2)cc1Cl. The van der Waals surface area contributed by atoms with E-state index in [2.05, 4.69) is 15.2 Å². The summed E-state index contributed by atoms with van der Waals surface area (Å²) in [4.78, 5) is 3.83. The lowest BCUT2D eigenvalue weighted by Gasteiger charge is -2.00. The van der Waals surface area contributed by atoms with E-state index in [1.54, 1.807) is 21.9 Å². The number of hydrogen-bond donors (Lipinski definition) is 1. The third-order valence-electron chi connectivity index (χ3n) is 1.77. The van der Waals surface area contributed by atoms with Crippen LogP contribution in [0, 0.1) is 0 Å². The molecule has 2 N–H and O–H groups in total. The monoisotopic (exact) mass is 212 g/mol. The van der Waals surface area contributed by atoms with Gasteiger partial charge in [-0.15, -0.1) is 0 Å². The molecule has 0 unspecified atom stereocenters. The summed E-state index contributed by atoms with van der Waals surface area (Å²) in [7, 11) is 0. The molecule has 0 bridgehead atoms. The molecule has 14 heavy (non-hydrogen) atoms. The van der Waals surface area contributed by atoms with Crippen molar-refractivity contribution in [3.63, 3.8) is 0 Å². The van der Waals surface area contributed by atoms with Crippen molar-refractivity contribution in [1.82, 2.24) is 24.5 Å². The molecule has 0 aliphatic heterocycles. The normalized spacial score (nSPS) is 10.6. The molecule has 0 aliphatic carbocycles. The molecule has 0 radical (unpaired) electrons. The van der Waals surface area contributed by atoms with Gasteiger partial charge in [-0.1, -0.05) is 11.6 Å². The Morgan fingerprint density at radius 3 is 2.71 bits per heavy atom. The molecule has 2 heterocycles. The average Bonchev–Trinajstić information content (AvgIpc) is 2.74. The molecule has 2 rings (SSSR count). The number of halogens is 1. The lowest BCUT2D eigenvalue weighted by atomic mass is 10.6. The average molecular weight is 213 g/mol. The summed E-state index contributed by atoms with van der Waals surface area (Å²) in [6, 6.07) is 0. The van der Waals surface area contributed by atoms with Crippen molar-refractivity contribution < 1.29 is 0 Å². The fourth-order valence-electron chi connectivity index (χ4n) is 1.08. The summed E-state index contributed by atoms with van der Waals surface area (Å²) in [5.74, 6) is 0.352. The van der Waals surface area contributed by atoms with Crippen molar-refractivity contribution in [2.45, 2.75) is 13.1 Å². The van der Waals surface area contributed by atoms with Crippen LogP contribution in [-0.4, -0.2) is 24.5 Å². The van der Waals surface area contributed by atoms with E-state index in [1.165, 1.54) is 6.33 Å². The van der Waals surface area contributed by atoms with Crippen LogP contribution in [0.3, 0.4) is 0 Å². The number of aromatic nitrogens is 5. The Kier molecular flexibility index (Phi) is 2.36. The van der Waals surface area contributed by atoms with Gasteiger partial charge >= 0.3 is 0 Å². The molecule has 0 aromatic carbocycles. The van der Waals surface area contributed by atoms with Crippen LogP contribution in [0.2, 0.25) is 5.02 Å². The zero-order valence-corrected chi connectivity index (χ0v) is 8.09. The van der Waals surface area contributed by atoms with Crippen molar-refractivity contribution in [2.75, 3.05) is 5.73 Å². The first kappa shape index (κ1) is 9.01. The molecule has 2 aromatic heterocycles. The molecule has 2 aromatic rings. The first-order valence-electron chi connectivity index (χ1n) is 4.06. The van der Waals surface area contributed by atoms with Gasteiger partial charge in [-0.25, -0.2) is 4.98 Å². The van der Waals surface area contributed by atoms with E-state index >= 15 is 0 Å². The standard InChI is InChI=1S/C7H9ClN6/c8-6-3-13(12-7(6)9)1-2-14-5-10-4-11-14/h3-5H,1-2H2,(H2,9,12). The minimum absolute atomic E-state index is 0.352. The highest BCUT2D eigenvalue weighted by molar-refractivity contribution is 6.32. The van der Waals surface area contributed by atoms with Crippen LogP contribution in [-0.2, 0) is 13.1 Å². The van der Waals surface area contributed by atoms with Crippen LogP contribution in [0.5, 0.6) is 0 Å². The van der Waals surface area contributed by atoms with E-state index in [1.807, 2.05) is 0 Å². The molecule has 7 heteroatoms. The quantitative estimate of drug-likeness (QED) is 0.800. The highest BCUT2D eigenvalue weighted by atomic mass is 35.5. The van der Waals surface area contributed by atoms with E-state index in [0.717, 1.165) is 0 Å². The molecule has 0 saturated heterocycles. The molecule has 0 saturated carbocycles. The first-order valence-corrected chi connectivity index (χ1v) is 4.44. The first-order chi connectivity index (χ1) is 6.75. The van der Waals surface area contributed by atoms with Crippen LogP contribution >= 0.6 is 11.6 Å². The van der Waals surface area contributed by atoms with Gasteiger partial charge in [0.1, 0.15) is 17.7 Å². The van der Waals surface area contributed by atoms with Crippen molar-refractivity contribution in [2.24, 2.45) is 0 Å². The van der Waals surface area contributed by atoms with Crippen LogP contribution < -0.4 is 5.73 Å². The fraction of sp³-hybridized carbons (Fsp3) is 0.286. The number of nitrogens with zero attached hydrogens (tertiary/aromatic N) is 5. The number of rotatable bonds is 3. The Morgan fingerprint density at radius 2 is 2.14 bits per heavy atom. The maximum Gasteiger partial charge on any atom is 0.164 e. The van der Waals surface area contributed by atoms with Gasteiger partial charge < -0.3 is 5.73 Å². The zero-order chi connectivity index (χ0) is 9.97. The molecular formula is C7H9ClN6. The molecule has 0 atom stereocenters. The van der Waals surface area contributed by atoms with Gasteiger partial charge in [-0.2, -0.15) is 10.2 Å². The van der Waals surface area contributed by atoms with E-state index in [4.69, 9.17) is 17.3 Å². The zero-order valence-electron chi connectivity index (χ0n) is 7.34. The summed E-state index contributed by atoms with van der Waals surface area (Å²) in [6.07, 6.45) is 4.83. The second-order valence-corrected chi connectivity index (χ2v) is 3.19. The Balaban J connectivity index is 1.98. The topological polar surface area (TPSA) is 74.5 Å². The van der Waals surface area contributed by atoms with Crippen LogP contribution in [0.4, 0.5) is 5.82 Å². The van der Waals surface area contributed by atoms with Crippen LogP contribution in [0.25, 0.3) is 0 Å². The number of anilines is 1. The van der Waals surface area contributed by atoms with E-state index in [-0.39, 0.29) is 0 Å². The second-order valence-electron chi connectivity index (χ2n) is 2.78. The fourth-order valence-corrected chi connectivity index (χ4v) is 1.23. The lowest BCUT2D eigenvalue weighted by molar-refractivity contribution is 0.500. The van der Waals surface area contributed by atoms with Gasteiger partial charge in [0.15, 0.2) is 5.82 Å². The number of hydrogen-bond acceptors (Lipinski definition) is 4. The molecule has 0 aliphatic rings. The third kappa shape index (κ3) is 1.85. The van der Waals surface area contributed by atoms with Gasteiger partial charge in [0.05, 0.1) is 13.1 Å². The number of nitrogens with two attached hydrogens (primary N) is 1. The minimum Gasteiger partial charge on any atom is -0.381 e. The Hall–Kier alpha value is -1.56. The number of nitrogen functional groups attached to an aromatic ring is 1. The third-order valence-corrected chi connectivity index (χ3v) is 2.06. The molecule has 0 spiro atoms. The van der Waals surface area contributed by atoms with Crippen molar-refractivity contribution in [3.05, 3.63) is 23.9 Å². The second kappa shape index (κ2) is 3.67. The number of aryl methyl sites for hydroxylation is 2. The van der Waals surface area contributed by atoms with Gasteiger partial charge in [0, 0.05) is 6.20 Å². The van der Waals surface area contributed by atoms with Crippen molar-refractivity contribution in [1.29, 1.82) is 0 Å². The Morgan fingerprint density at radius 1 is 1.36 bits per heavy atom. The van der Waals surface area contributed by atoms with Crippen LogP contribution in [0.1, 0.15) is 0 Å². The van der Waals surface area contributed by atoms with Gasteiger partial charge in [0.2, 0.25) is 0 Å². The highest BCUT2D eigenvalue weighted by Crippen LogP contribution is 2.14. The predicted molar refractivity (Wildman–Crippen MR) is 51.7 cm³/mol. The van der Waals surface area contributed by atoms with E-state index < -0.39 is 0 Å². The Bertz CT molecular complexity index is 386. The summed E-state index contributed by atoms with van der Waals surface area (Å²) < 4.78 is 3.39. The van der Waals surface area contributed by atoms with Gasteiger partial charge in [-0.05, 0) is 0 Å². The molecule has 6 nitrogen and oxygen atoms in total. The maximum absolute atomic E-state index is 5.75. The highest BCUT2D eigenvalue weighted by Gasteiger charge is 2.02. The molecule has 0 amide bonds. The summed E-state index contributed by atoms with van der Waals surface area (Å²) in [5, 5.41) is 8.45. The maximum atomic E-state index is 5.75. The van der Waals surface area contributed by atoms with E-state index in [9.17, 15) is 0 Å². The largest absolute Gasteiger partial charge is 0.381 e. The smallest absolute Gasteiger partial charge is 0.164 e. The predicted octanol–water partition coefficient (Wildman–Crippen LogP) is 0.410. The van der Waals surface area contributed by atoms with Gasteiger partial charge in [-0.3, -0.25) is 9.36 Å². The molecule has 0 fully saturated rings. The minimum atomic E-state index is 0.352. The summed E-state index contributed by atoms with van der Waals surface area (Å²) >= 11 is 5.75. The van der Waals surface area contributed by atoms with E-state index in [0.29, 0.717) is 23.9 Å². The van der Waals surface area contributed by atoms with Crippen molar-refractivity contribution >= 4 is 17.4 Å². The molecular weight excluding hydrogens is 204 g/mol. The summed E-state index contributed by atoms with van der Waals surface area (Å²) in [5.41, 5.74) is 5.49. The van der Waals surface area contributed by atoms with Crippen molar-refractivity contribution in [3.8, 4) is 0 Å². The van der Waals surface area contributed by atoms with Crippen LogP contribution in [0.15, 0.2) is 18.9 Å². The molecule has 74 valence electrons.